The first-order valence-corrected chi connectivity index (χ1v) is 11.1. The standard InChI is InChI=1S/C21H25FN2O5S/c1-15-8-5-6-11-19(15)24(30(4,27)28)14-20(25)29-16(2)21(26)23(3)13-17-9-7-10-18(22)12-17/h5-12,16H,13-14H2,1-4H3. The van der Waals surface area contributed by atoms with Gasteiger partial charge in [0.2, 0.25) is 10.0 Å². The summed E-state index contributed by atoms with van der Waals surface area (Å²) in [5.74, 6) is -1.76. The number of anilines is 1. The highest BCUT2D eigenvalue weighted by molar-refractivity contribution is 7.92. The summed E-state index contributed by atoms with van der Waals surface area (Å²) in [6, 6.07) is 12.6. The lowest BCUT2D eigenvalue weighted by molar-refractivity contribution is -0.157. The summed E-state index contributed by atoms with van der Waals surface area (Å²) in [7, 11) is -2.24. The quantitative estimate of drug-likeness (QED) is 0.594. The number of rotatable bonds is 8. The lowest BCUT2D eigenvalue weighted by atomic mass is 10.2. The third-order valence-electron chi connectivity index (χ3n) is 4.40. The summed E-state index contributed by atoms with van der Waals surface area (Å²) in [4.78, 5) is 26.2. The molecule has 0 aliphatic heterocycles. The van der Waals surface area contributed by atoms with Crippen LogP contribution in [0.3, 0.4) is 0 Å². The lowest BCUT2D eigenvalue weighted by Gasteiger charge is -2.25. The van der Waals surface area contributed by atoms with Crippen molar-refractivity contribution in [1.82, 2.24) is 4.90 Å². The van der Waals surface area contributed by atoms with Crippen molar-refractivity contribution in [3.63, 3.8) is 0 Å². The van der Waals surface area contributed by atoms with Crippen molar-refractivity contribution in [3.05, 3.63) is 65.5 Å². The smallest absolute Gasteiger partial charge is 0.327 e. The SMILES string of the molecule is Cc1ccccc1N(CC(=O)OC(C)C(=O)N(C)Cc1cccc(F)c1)S(C)(=O)=O. The van der Waals surface area contributed by atoms with Crippen LogP contribution in [0.2, 0.25) is 0 Å². The van der Waals surface area contributed by atoms with Gasteiger partial charge in [0.25, 0.3) is 5.91 Å². The van der Waals surface area contributed by atoms with E-state index in [-0.39, 0.29) is 6.54 Å². The number of halogens is 1. The number of amides is 1. The Hall–Kier alpha value is -2.94. The van der Waals surface area contributed by atoms with Crippen molar-refractivity contribution in [1.29, 1.82) is 0 Å². The number of carbonyl (C=O) groups excluding carboxylic acids is 2. The predicted molar refractivity (Wildman–Crippen MR) is 112 cm³/mol. The van der Waals surface area contributed by atoms with E-state index >= 15 is 0 Å². The molecule has 0 bridgehead atoms. The normalized spacial score (nSPS) is 12.2. The van der Waals surface area contributed by atoms with Crippen LogP contribution in [-0.2, 0) is 30.9 Å². The van der Waals surface area contributed by atoms with Crippen molar-refractivity contribution >= 4 is 27.6 Å². The van der Waals surface area contributed by atoms with Gasteiger partial charge >= 0.3 is 5.97 Å². The number of carbonyl (C=O) groups is 2. The van der Waals surface area contributed by atoms with Gasteiger partial charge in [-0.2, -0.15) is 0 Å². The highest BCUT2D eigenvalue weighted by Gasteiger charge is 2.26. The maximum Gasteiger partial charge on any atom is 0.327 e. The van der Waals surface area contributed by atoms with Gasteiger partial charge in [0.1, 0.15) is 12.4 Å². The first kappa shape index (κ1) is 23.3. The van der Waals surface area contributed by atoms with Crippen LogP contribution >= 0.6 is 0 Å². The van der Waals surface area contributed by atoms with Gasteiger partial charge in [0, 0.05) is 13.6 Å². The summed E-state index contributed by atoms with van der Waals surface area (Å²) < 4.78 is 43.8. The molecule has 0 heterocycles. The molecule has 0 N–H and O–H groups in total. The molecule has 0 saturated carbocycles. The Morgan fingerprint density at radius 2 is 1.80 bits per heavy atom. The first-order chi connectivity index (χ1) is 14.0. The summed E-state index contributed by atoms with van der Waals surface area (Å²) >= 11 is 0. The van der Waals surface area contributed by atoms with Gasteiger partial charge in [0.05, 0.1) is 11.9 Å². The summed E-state index contributed by atoms with van der Waals surface area (Å²) in [6.45, 7) is 2.71. The number of ether oxygens (including phenoxy) is 1. The molecule has 0 radical (unpaired) electrons. The third kappa shape index (κ3) is 6.28. The number of benzene rings is 2. The molecule has 0 saturated heterocycles. The molecule has 0 spiro atoms. The largest absolute Gasteiger partial charge is 0.451 e. The average molecular weight is 437 g/mol. The van der Waals surface area contributed by atoms with E-state index in [1.807, 2.05) is 0 Å². The summed E-state index contributed by atoms with van der Waals surface area (Å²) in [6.07, 6.45) is -0.136. The van der Waals surface area contributed by atoms with Crippen LogP contribution in [0.15, 0.2) is 48.5 Å². The van der Waals surface area contributed by atoms with E-state index in [1.165, 1.54) is 37.1 Å². The second-order valence-corrected chi connectivity index (χ2v) is 8.92. The molecule has 2 rings (SSSR count). The Labute approximate surface area is 176 Å². The number of hydrogen-bond donors (Lipinski definition) is 0. The Kier molecular flexibility index (Phi) is 7.55. The van der Waals surface area contributed by atoms with E-state index in [0.29, 0.717) is 16.8 Å². The van der Waals surface area contributed by atoms with Crippen molar-refractivity contribution in [2.75, 3.05) is 24.2 Å². The second-order valence-electron chi connectivity index (χ2n) is 7.01. The molecule has 1 atom stereocenters. The van der Waals surface area contributed by atoms with Crippen LogP contribution in [0.4, 0.5) is 10.1 Å². The Balaban J connectivity index is 2.04. The predicted octanol–water partition coefficient (Wildman–Crippen LogP) is 2.49. The van der Waals surface area contributed by atoms with Crippen LogP contribution in [0.1, 0.15) is 18.1 Å². The van der Waals surface area contributed by atoms with Gasteiger partial charge < -0.3 is 9.64 Å². The van der Waals surface area contributed by atoms with Crippen LogP contribution in [-0.4, -0.2) is 51.1 Å². The molecular weight excluding hydrogens is 411 g/mol. The molecule has 30 heavy (non-hydrogen) atoms. The van der Waals surface area contributed by atoms with Crippen LogP contribution in [0, 0.1) is 12.7 Å². The number of aryl methyl sites for hydroxylation is 1. The van der Waals surface area contributed by atoms with Crippen LogP contribution < -0.4 is 4.31 Å². The lowest BCUT2D eigenvalue weighted by Crippen LogP contribution is -2.41. The van der Waals surface area contributed by atoms with Gasteiger partial charge in [-0.05, 0) is 43.2 Å². The molecule has 9 heteroatoms. The molecule has 1 unspecified atom stereocenters. The molecule has 2 aromatic rings. The monoisotopic (exact) mass is 436 g/mol. The molecule has 1 amide bonds. The van der Waals surface area contributed by atoms with E-state index in [1.54, 1.807) is 37.3 Å². The van der Waals surface area contributed by atoms with Gasteiger partial charge in [-0.25, -0.2) is 12.8 Å². The van der Waals surface area contributed by atoms with Gasteiger partial charge in [-0.1, -0.05) is 30.3 Å². The number of likely N-dealkylation sites (N-methyl/N-ethyl adjacent to an activating group) is 1. The fraction of sp³-hybridized carbons (Fsp3) is 0.333. The third-order valence-corrected chi connectivity index (χ3v) is 5.52. The van der Waals surface area contributed by atoms with E-state index in [0.717, 1.165) is 10.6 Å². The minimum Gasteiger partial charge on any atom is -0.451 e. The number of hydrogen-bond acceptors (Lipinski definition) is 5. The fourth-order valence-corrected chi connectivity index (χ4v) is 3.83. The van der Waals surface area contributed by atoms with E-state index in [4.69, 9.17) is 4.74 Å². The molecular formula is C21H25FN2O5S. The molecule has 7 nitrogen and oxygen atoms in total. The van der Waals surface area contributed by atoms with Crippen molar-refractivity contribution in [2.24, 2.45) is 0 Å². The summed E-state index contributed by atoms with van der Waals surface area (Å²) in [5.41, 5.74) is 1.63. The number of nitrogens with zero attached hydrogens (tertiary/aromatic N) is 2. The van der Waals surface area contributed by atoms with E-state index < -0.39 is 40.4 Å². The zero-order valence-corrected chi connectivity index (χ0v) is 18.1. The van der Waals surface area contributed by atoms with Crippen molar-refractivity contribution in [3.8, 4) is 0 Å². The molecule has 0 fully saturated rings. The zero-order valence-electron chi connectivity index (χ0n) is 17.3. The van der Waals surface area contributed by atoms with Gasteiger partial charge in [-0.3, -0.25) is 13.9 Å². The summed E-state index contributed by atoms with van der Waals surface area (Å²) in [5, 5.41) is 0. The molecule has 0 aromatic heterocycles. The van der Waals surface area contributed by atoms with Crippen LogP contribution in [0.25, 0.3) is 0 Å². The highest BCUT2D eigenvalue weighted by Crippen LogP contribution is 2.22. The van der Waals surface area contributed by atoms with E-state index in [2.05, 4.69) is 0 Å². The van der Waals surface area contributed by atoms with Crippen molar-refractivity contribution < 1.29 is 27.1 Å². The van der Waals surface area contributed by atoms with Gasteiger partial charge in [-0.15, -0.1) is 0 Å². The second kappa shape index (κ2) is 9.71. The Morgan fingerprint density at radius 3 is 2.40 bits per heavy atom. The molecule has 2 aromatic carbocycles. The Bertz CT molecular complexity index is 1030. The Morgan fingerprint density at radius 1 is 1.13 bits per heavy atom. The van der Waals surface area contributed by atoms with Crippen molar-refractivity contribution in [2.45, 2.75) is 26.5 Å². The maximum absolute atomic E-state index is 13.3. The topological polar surface area (TPSA) is 84.0 Å². The van der Waals surface area contributed by atoms with Crippen LogP contribution in [0.5, 0.6) is 0 Å². The minimum atomic E-state index is -3.75. The molecule has 162 valence electrons. The fourth-order valence-electron chi connectivity index (χ4n) is 2.92. The average Bonchev–Trinajstić information content (AvgIpc) is 2.65. The maximum atomic E-state index is 13.3. The number of sulfonamides is 1. The molecule has 0 aliphatic rings. The van der Waals surface area contributed by atoms with Gasteiger partial charge in [0.15, 0.2) is 6.10 Å². The first-order valence-electron chi connectivity index (χ1n) is 9.21. The minimum absolute atomic E-state index is 0.136. The van der Waals surface area contributed by atoms with E-state index in [9.17, 15) is 22.4 Å². The number of para-hydroxylation sites is 1. The molecule has 0 aliphatic carbocycles. The number of esters is 1. The zero-order chi connectivity index (χ0) is 22.5. The highest BCUT2D eigenvalue weighted by atomic mass is 32.2.